The van der Waals surface area contributed by atoms with Gasteiger partial charge in [0, 0.05) is 44.3 Å². The summed E-state index contributed by atoms with van der Waals surface area (Å²) in [6.45, 7) is 4.56. The maximum absolute atomic E-state index is 13.7. The predicted molar refractivity (Wildman–Crippen MR) is 81.5 cm³/mol. The Morgan fingerprint density at radius 1 is 1.05 bits per heavy atom. The topological polar surface area (TPSA) is 26.7 Å². The number of aliphatic hydroxyl groups excluding tert-OH is 1. The van der Waals surface area contributed by atoms with Gasteiger partial charge in [0.1, 0.15) is 5.82 Å². The van der Waals surface area contributed by atoms with Crippen molar-refractivity contribution in [3.8, 4) is 0 Å². The van der Waals surface area contributed by atoms with E-state index in [4.69, 9.17) is 0 Å². The SMILES string of the molecule is O[C@H]1CCCC[C@H]1N1CCN(Cc2ccccc2F)CC1. The van der Waals surface area contributed by atoms with Crippen molar-refractivity contribution in [2.75, 3.05) is 26.2 Å². The van der Waals surface area contributed by atoms with E-state index in [1.165, 1.54) is 12.5 Å². The number of hydrogen-bond donors (Lipinski definition) is 1. The van der Waals surface area contributed by atoms with Gasteiger partial charge in [0.2, 0.25) is 0 Å². The third-order valence-corrected chi connectivity index (χ3v) is 4.92. The molecule has 3 nitrogen and oxygen atoms in total. The Balaban J connectivity index is 1.52. The quantitative estimate of drug-likeness (QED) is 0.925. The zero-order valence-corrected chi connectivity index (χ0v) is 12.5. The number of piperazine rings is 1. The van der Waals surface area contributed by atoms with Gasteiger partial charge in [-0.3, -0.25) is 9.80 Å². The molecule has 2 aliphatic rings. The molecule has 0 spiro atoms. The van der Waals surface area contributed by atoms with Gasteiger partial charge in [0.25, 0.3) is 0 Å². The van der Waals surface area contributed by atoms with Crippen LogP contribution < -0.4 is 0 Å². The molecule has 21 heavy (non-hydrogen) atoms. The van der Waals surface area contributed by atoms with Crippen molar-refractivity contribution >= 4 is 0 Å². The summed E-state index contributed by atoms with van der Waals surface area (Å²) in [5.41, 5.74) is 0.781. The first-order chi connectivity index (χ1) is 10.2. The van der Waals surface area contributed by atoms with Crippen molar-refractivity contribution in [2.24, 2.45) is 0 Å². The first-order valence-electron chi connectivity index (χ1n) is 8.12. The van der Waals surface area contributed by atoms with Crippen LogP contribution in [-0.2, 0) is 6.54 Å². The van der Waals surface area contributed by atoms with Crippen molar-refractivity contribution in [2.45, 2.75) is 44.4 Å². The maximum atomic E-state index is 13.7. The monoisotopic (exact) mass is 292 g/mol. The first-order valence-corrected chi connectivity index (χ1v) is 8.12. The van der Waals surface area contributed by atoms with Gasteiger partial charge in [-0.2, -0.15) is 0 Å². The lowest BCUT2D eigenvalue weighted by Gasteiger charge is -2.42. The van der Waals surface area contributed by atoms with Gasteiger partial charge in [-0.15, -0.1) is 0 Å². The summed E-state index contributed by atoms with van der Waals surface area (Å²) in [7, 11) is 0. The molecule has 1 saturated carbocycles. The van der Waals surface area contributed by atoms with Gasteiger partial charge in [0.15, 0.2) is 0 Å². The highest BCUT2D eigenvalue weighted by Gasteiger charge is 2.30. The van der Waals surface area contributed by atoms with E-state index in [1.54, 1.807) is 6.07 Å². The molecule has 4 heteroatoms. The van der Waals surface area contributed by atoms with Crippen LogP contribution in [0.5, 0.6) is 0 Å². The molecule has 0 radical (unpaired) electrons. The van der Waals surface area contributed by atoms with Crippen LogP contribution in [0.4, 0.5) is 4.39 Å². The summed E-state index contributed by atoms with van der Waals surface area (Å²) in [6, 6.07) is 7.37. The van der Waals surface area contributed by atoms with Crippen LogP contribution in [-0.4, -0.2) is 53.2 Å². The third-order valence-electron chi connectivity index (χ3n) is 4.92. The summed E-state index contributed by atoms with van der Waals surface area (Å²) in [4.78, 5) is 4.74. The van der Waals surface area contributed by atoms with E-state index in [1.807, 2.05) is 12.1 Å². The molecule has 3 rings (SSSR count). The highest BCUT2D eigenvalue weighted by Crippen LogP contribution is 2.24. The molecule has 0 unspecified atom stereocenters. The molecule has 0 aromatic heterocycles. The predicted octanol–water partition coefficient (Wildman–Crippen LogP) is 2.25. The number of halogens is 1. The summed E-state index contributed by atoms with van der Waals surface area (Å²) in [5.74, 6) is -0.109. The van der Waals surface area contributed by atoms with Crippen LogP contribution >= 0.6 is 0 Å². The first kappa shape index (κ1) is 14.9. The molecule has 1 aromatic carbocycles. The molecule has 0 bridgehead atoms. The average molecular weight is 292 g/mol. The van der Waals surface area contributed by atoms with Crippen molar-refractivity contribution in [1.29, 1.82) is 0 Å². The Hall–Kier alpha value is -0.970. The van der Waals surface area contributed by atoms with Crippen LogP contribution in [0.15, 0.2) is 24.3 Å². The third kappa shape index (κ3) is 3.62. The van der Waals surface area contributed by atoms with E-state index >= 15 is 0 Å². The fourth-order valence-corrected chi connectivity index (χ4v) is 3.64. The van der Waals surface area contributed by atoms with Crippen LogP contribution in [0.3, 0.4) is 0 Å². The van der Waals surface area contributed by atoms with Crippen LogP contribution in [0, 0.1) is 5.82 Å². The Morgan fingerprint density at radius 3 is 2.48 bits per heavy atom. The molecule has 1 aliphatic carbocycles. The second kappa shape index (κ2) is 6.86. The van der Waals surface area contributed by atoms with Gasteiger partial charge < -0.3 is 5.11 Å². The van der Waals surface area contributed by atoms with Crippen molar-refractivity contribution in [3.63, 3.8) is 0 Å². The molecule has 116 valence electrons. The van der Waals surface area contributed by atoms with E-state index in [2.05, 4.69) is 9.80 Å². The minimum absolute atomic E-state index is 0.109. The number of hydrogen-bond acceptors (Lipinski definition) is 3. The lowest BCUT2D eigenvalue weighted by Crippen LogP contribution is -2.54. The van der Waals surface area contributed by atoms with Crippen molar-refractivity contribution < 1.29 is 9.50 Å². The van der Waals surface area contributed by atoms with E-state index in [0.29, 0.717) is 12.6 Å². The zero-order valence-electron chi connectivity index (χ0n) is 12.5. The molecule has 1 saturated heterocycles. The van der Waals surface area contributed by atoms with E-state index in [0.717, 1.165) is 51.0 Å². The Kier molecular flexibility index (Phi) is 4.88. The number of nitrogens with zero attached hydrogens (tertiary/aromatic N) is 2. The van der Waals surface area contributed by atoms with Gasteiger partial charge in [0.05, 0.1) is 6.10 Å². The van der Waals surface area contributed by atoms with E-state index in [-0.39, 0.29) is 11.9 Å². The minimum Gasteiger partial charge on any atom is -0.391 e. The Labute approximate surface area is 126 Å². The largest absolute Gasteiger partial charge is 0.391 e. The highest BCUT2D eigenvalue weighted by atomic mass is 19.1. The van der Waals surface area contributed by atoms with Gasteiger partial charge >= 0.3 is 0 Å². The second-order valence-electron chi connectivity index (χ2n) is 6.32. The molecule has 1 N–H and O–H groups in total. The number of rotatable bonds is 3. The molecule has 2 atom stereocenters. The van der Waals surface area contributed by atoms with Crippen LogP contribution in [0.2, 0.25) is 0 Å². The van der Waals surface area contributed by atoms with Crippen molar-refractivity contribution in [1.82, 2.24) is 9.80 Å². The van der Waals surface area contributed by atoms with E-state index in [9.17, 15) is 9.50 Å². The standard InChI is InChI=1S/C17H25FN2O/c18-15-6-2-1-5-14(15)13-19-9-11-20(12-10-19)16-7-3-4-8-17(16)21/h1-2,5-6,16-17,21H,3-4,7-13H2/t16-,17+/m1/s1. The molecule has 1 aliphatic heterocycles. The molecule has 0 amide bonds. The average Bonchev–Trinajstić information content (AvgIpc) is 2.51. The summed E-state index contributed by atoms with van der Waals surface area (Å²) >= 11 is 0. The molecule has 1 heterocycles. The zero-order chi connectivity index (χ0) is 14.7. The minimum atomic E-state index is -0.156. The highest BCUT2D eigenvalue weighted by molar-refractivity contribution is 5.17. The second-order valence-corrected chi connectivity index (χ2v) is 6.32. The fraction of sp³-hybridized carbons (Fsp3) is 0.647. The Morgan fingerprint density at radius 2 is 1.76 bits per heavy atom. The molecular weight excluding hydrogens is 267 g/mol. The molecule has 1 aromatic rings. The van der Waals surface area contributed by atoms with Gasteiger partial charge in [-0.25, -0.2) is 4.39 Å². The van der Waals surface area contributed by atoms with Crippen molar-refractivity contribution in [3.05, 3.63) is 35.6 Å². The van der Waals surface area contributed by atoms with Crippen LogP contribution in [0.1, 0.15) is 31.2 Å². The van der Waals surface area contributed by atoms with Gasteiger partial charge in [-0.1, -0.05) is 31.0 Å². The summed E-state index contributed by atoms with van der Waals surface area (Å²) in [5, 5.41) is 10.2. The molecule has 2 fully saturated rings. The number of aliphatic hydroxyl groups is 1. The Bertz CT molecular complexity index is 460. The maximum Gasteiger partial charge on any atom is 0.127 e. The fourth-order valence-electron chi connectivity index (χ4n) is 3.64. The van der Waals surface area contributed by atoms with E-state index < -0.39 is 0 Å². The normalized spacial score (nSPS) is 28.7. The van der Waals surface area contributed by atoms with Gasteiger partial charge in [-0.05, 0) is 18.9 Å². The van der Waals surface area contributed by atoms with Crippen LogP contribution in [0.25, 0.3) is 0 Å². The molecular formula is C17H25FN2O. The summed E-state index contributed by atoms with van der Waals surface area (Å²) < 4.78 is 13.7. The lowest BCUT2D eigenvalue weighted by atomic mass is 9.91. The smallest absolute Gasteiger partial charge is 0.127 e. The summed E-state index contributed by atoms with van der Waals surface area (Å²) in [6.07, 6.45) is 4.30. The number of benzene rings is 1. The lowest BCUT2D eigenvalue weighted by molar-refractivity contribution is -0.00484.